The van der Waals surface area contributed by atoms with Crippen molar-refractivity contribution < 1.29 is 33.1 Å². The molecule has 0 aliphatic heterocycles. The molecule has 38 heavy (non-hydrogen) atoms. The fourth-order valence-electron chi connectivity index (χ4n) is 10.2. The highest BCUT2D eigenvalue weighted by Gasteiger charge is 2.64. The second-order valence-electron chi connectivity index (χ2n) is 13.8. The van der Waals surface area contributed by atoms with Crippen LogP contribution in [0, 0.1) is 52.3 Å². The van der Waals surface area contributed by atoms with Gasteiger partial charge in [-0.25, -0.2) is 0 Å². The van der Waals surface area contributed by atoms with Crippen LogP contribution in [-0.4, -0.2) is 64.8 Å². The maximum absolute atomic E-state index is 12.5. The van der Waals surface area contributed by atoms with E-state index in [1.165, 1.54) is 0 Å². The first-order chi connectivity index (χ1) is 17.7. The number of aliphatic hydroxyl groups is 3. The number of carbonyl (C=O) groups is 1. The first-order valence-electron chi connectivity index (χ1n) is 15.0. The van der Waals surface area contributed by atoms with Gasteiger partial charge in [-0.15, -0.1) is 0 Å². The minimum absolute atomic E-state index is 0.117. The van der Waals surface area contributed by atoms with Crippen molar-refractivity contribution in [1.29, 1.82) is 0 Å². The van der Waals surface area contributed by atoms with Crippen LogP contribution in [-0.2, 0) is 14.9 Å². The summed E-state index contributed by atoms with van der Waals surface area (Å²) in [6.07, 6.45) is 8.49. The van der Waals surface area contributed by atoms with Crippen molar-refractivity contribution in [1.82, 2.24) is 5.32 Å². The Hall–Kier alpha value is -0.740. The lowest BCUT2D eigenvalue weighted by Crippen LogP contribution is -2.62. The van der Waals surface area contributed by atoms with Gasteiger partial charge in [-0.3, -0.25) is 9.35 Å². The van der Waals surface area contributed by atoms with Gasteiger partial charge in [-0.1, -0.05) is 34.1 Å². The molecule has 0 aromatic rings. The van der Waals surface area contributed by atoms with Gasteiger partial charge < -0.3 is 20.6 Å². The molecule has 4 aliphatic rings. The van der Waals surface area contributed by atoms with E-state index in [0.717, 1.165) is 51.4 Å². The van der Waals surface area contributed by atoms with E-state index in [1.54, 1.807) is 0 Å². The summed E-state index contributed by atoms with van der Waals surface area (Å²) in [5.41, 5.74) is 0.296. The number of fused-ring (bicyclic) bond motifs is 5. The van der Waals surface area contributed by atoms with Crippen molar-refractivity contribution in [2.75, 3.05) is 12.4 Å². The molecule has 220 valence electrons. The minimum atomic E-state index is -4.29. The second-order valence-corrected chi connectivity index (χ2v) is 15.3. The Bertz CT molecular complexity index is 959. The van der Waals surface area contributed by atoms with Crippen molar-refractivity contribution in [2.45, 2.75) is 110 Å². The third-order valence-corrected chi connectivity index (χ3v) is 12.8. The zero-order valence-corrected chi connectivity index (χ0v) is 24.5. The number of amides is 1. The Morgan fingerprint density at radius 3 is 2.32 bits per heavy atom. The van der Waals surface area contributed by atoms with Gasteiger partial charge in [0.15, 0.2) is 0 Å². The average molecular weight is 558 g/mol. The molecule has 0 saturated heterocycles. The standard InChI is InChI=1S/C29H51NO7S/c1-5-20-24-14-19(32)10-12-29(24,4)23-11-13-28(3)21(7-8-22(28)26(23)27(20)34)17(2)6-9-25(33)30-18(15-31)16-38(35,36)37/h17-24,26-27,31-32,34H,5-16H2,1-4H3,(H,30,33)(H,35,36,37)/t17-,18+,19-,20-,21-,22+,23+,24+,26+,27-,28-,29-/m1/s1. The van der Waals surface area contributed by atoms with Crippen molar-refractivity contribution in [3.05, 3.63) is 0 Å². The Kier molecular flexibility index (Phi) is 8.96. The quantitative estimate of drug-likeness (QED) is 0.273. The molecule has 4 rings (SSSR count). The summed E-state index contributed by atoms with van der Waals surface area (Å²) in [7, 11) is -4.29. The van der Waals surface area contributed by atoms with Crippen molar-refractivity contribution in [3.8, 4) is 0 Å². The van der Waals surface area contributed by atoms with Crippen LogP contribution in [0.3, 0.4) is 0 Å². The first-order valence-corrected chi connectivity index (χ1v) is 16.6. The molecule has 4 saturated carbocycles. The second kappa shape index (κ2) is 11.3. The smallest absolute Gasteiger partial charge is 0.266 e. The summed E-state index contributed by atoms with van der Waals surface area (Å²) < 4.78 is 31.3. The maximum atomic E-state index is 12.5. The SMILES string of the molecule is CC[C@H]1[C@@H](O)[C@@H]2[C@H](CC[C@]3(C)[C@@H]([C@H](C)CCC(=O)N[C@@H](CO)CS(=O)(=O)O)CC[C@@H]23)[C@@]2(C)CC[C@@H](O)C[C@@H]12. The van der Waals surface area contributed by atoms with Crippen LogP contribution in [0.1, 0.15) is 91.9 Å². The summed E-state index contributed by atoms with van der Waals surface area (Å²) >= 11 is 0. The van der Waals surface area contributed by atoms with Gasteiger partial charge in [-0.2, -0.15) is 8.42 Å². The molecular formula is C29H51NO7S. The summed E-state index contributed by atoms with van der Waals surface area (Å²) in [4.78, 5) is 12.5. The topological polar surface area (TPSA) is 144 Å². The summed E-state index contributed by atoms with van der Waals surface area (Å²) in [6, 6.07) is -1.01. The van der Waals surface area contributed by atoms with Crippen molar-refractivity contribution in [2.24, 2.45) is 52.3 Å². The fourth-order valence-corrected chi connectivity index (χ4v) is 10.9. The zero-order valence-electron chi connectivity index (χ0n) is 23.7. The number of nitrogens with one attached hydrogen (secondary N) is 1. The molecule has 4 fully saturated rings. The number of hydrogen-bond donors (Lipinski definition) is 5. The molecular weight excluding hydrogens is 506 g/mol. The molecule has 0 radical (unpaired) electrons. The molecule has 8 nitrogen and oxygen atoms in total. The zero-order chi connectivity index (χ0) is 28.0. The Balaban J connectivity index is 1.44. The predicted molar refractivity (Wildman–Crippen MR) is 146 cm³/mol. The Labute approximate surface area is 229 Å². The van der Waals surface area contributed by atoms with E-state index in [1.807, 2.05) is 0 Å². The van der Waals surface area contributed by atoms with Gasteiger partial charge in [0.1, 0.15) is 0 Å². The van der Waals surface area contributed by atoms with Gasteiger partial charge in [-0.05, 0) is 104 Å². The van der Waals surface area contributed by atoms with Gasteiger partial charge >= 0.3 is 0 Å². The molecule has 9 heteroatoms. The van der Waals surface area contributed by atoms with E-state index in [-0.39, 0.29) is 41.3 Å². The maximum Gasteiger partial charge on any atom is 0.266 e. The van der Waals surface area contributed by atoms with Crippen molar-refractivity contribution >= 4 is 16.0 Å². The largest absolute Gasteiger partial charge is 0.394 e. The molecule has 0 spiro atoms. The molecule has 0 unspecified atom stereocenters. The molecule has 0 bridgehead atoms. The van der Waals surface area contributed by atoms with Crippen LogP contribution in [0.2, 0.25) is 0 Å². The highest BCUT2D eigenvalue weighted by atomic mass is 32.2. The third-order valence-electron chi connectivity index (χ3n) is 12.0. The third kappa shape index (κ3) is 5.56. The number of aliphatic hydroxyl groups excluding tert-OH is 3. The van der Waals surface area contributed by atoms with Crippen LogP contribution >= 0.6 is 0 Å². The van der Waals surface area contributed by atoms with E-state index < -0.39 is 28.5 Å². The monoisotopic (exact) mass is 557 g/mol. The highest BCUT2D eigenvalue weighted by molar-refractivity contribution is 7.85. The average Bonchev–Trinajstić information content (AvgIpc) is 3.19. The van der Waals surface area contributed by atoms with E-state index in [0.29, 0.717) is 41.9 Å². The fraction of sp³-hybridized carbons (Fsp3) is 0.966. The van der Waals surface area contributed by atoms with Gasteiger partial charge in [0.25, 0.3) is 10.1 Å². The highest BCUT2D eigenvalue weighted by Crippen LogP contribution is 2.69. The lowest BCUT2D eigenvalue weighted by atomic mass is 9.41. The molecule has 0 aromatic heterocycles. The van der Waals surface area contributed by atoms with Crippen LogP contribution < -0.4 is 5.32 Å². The van der Waals surface area contributed by atoms with Crippen molar-refractivity contribution in [3.63, 3.8) is 0 Å². The Morgan fingerprint density at radius 2 is 1.68 bits per heavy atom. The summed E-state index contributed by atoms with van der Waals surface area (Å²) in [6.45, 7) is 8.73. The van der Waals surface area contributed by atoms with E-state index >= 15 is 0 Å². The summed E-state index contributed by atoms with van der Waals surface area (Å²) in [5.74, 6) is 1.62. The molecule has 4 aliphatic carbocycles. The van der Waals surface area contributed by atoms with E-state index in [9.17, 15) is 28.5 Å². The lowest BCUT2D eigenvalue weighted by molar-refractivity contribution is -0.203. The van der Waals surface area contributed by atoms with Gasteiger partial charge in [0, 0.05) is 6.42 Å². The first kappa shape index (κ1) is 30.2. The minimum Gasteiger partial charge on any atom is -0.394 e. The lowest BCUT2D eigenvalue weighted by Gasteiger charge is -2.64. The summed E-state index contributed by atoms with van der Waals surface area (Å²) in [5, 5.41) is 34.3. The van der Waals surface area contributed by atoms with Crippen LogP contribution in [0.5, 0.6) is 0 Å². The molecule has 1 amide bonds. The van der Waals surface area contributed by atoms with Crippen LogP contribution in [0.15, 0.2) is 0 Å². The van der Waals surface area contributed by atoms with Gasteiger partial charge in [0.2, 0.25) is 5.91 Å². The van der Waals surface area contributed by atoms with E-state index in [4.69, 9.17) is 4.55 Å². The molecule has 0 heterocycles. The Morgan fingerprint density at radius 1 is 1.03 bits per heavy atom. The predicted octanol–water partition coefficient (Wildman–Crippen LogP) is 3.39. The normalized spacial score (nSPS) is 44.4. The van der Waals surface area contributed by atoms with Crippen LogP contribution in [0.25, 0.3) is 0 Å². The van der Waals surface area contributed by atoms with E-state index in [2.05, 4.69) is 33.0 Å². The molecule has 12 atom stereocenters. The number of carbonyl (C=O) groups excluding carboxylic acids is 1. The van der Waals surface area contributed by atoms with Gasteiger partial charge in [0.05, 0.1) is 30.6 Å². The number of rotatable bonds is 9. The molecule has 0 aromatic carbocycles. The number of hydrogen-bond acceptors (Lipinski definition) is 6. The molecule has 5 N–H and O–H groups in total. The van der Waals surface area contributed by atoms with Crippen LogP contribution in [0.4, 0.5) is 0 Å².